The SMILES string of the molecule is CC[C@@]1(O)C(=O)OCc2c1cc1n(c2=O)Cc2c-1nc1cc(F)c(C)cc1c2CN1C=C(c2cc(F)ccc2NC(=O)COCNC(=O)CN)NN1. The smallest absolute Gasteiger partial charge is 0.343 e. The Hall–Kier alpha value is -5.75. The maximum atomic E-state index is 14.9. The number of nitrogens with two attached hydrogens (primary N) is 1. The molecule has 7 rings (SSSR count). The van der Waals surface area contributed by atoms with Gasteiger partial charge >= 0.3 is 5.97 Å². The van der Waals surface area contributed by atoms with Gasteiger partial charge in [-0.15, -0.1) is 5.53 Å². The molecular weight excluding hydrogens is 682 g/mol. The van der Waals surface area contributed by atoms with Gasteiger partial charge in [-0.25, -0.2) is 18.6 Å². The van der Waals surface area contributed by atoms with Crippen molar-refractivity contribution in [3.63, 3.8) is 0 Å². The lowest BCUT2D eigenvalue weighted by atomic mass is 9.86. The Kier molecular flexibility index (Phi) is 8.95. The minimum atomic E-state index is -2.01. The van der Waals surface area contributed by atoms with Crippen LogP contribution in [0.4, 0.5) is 14.5 Å². The van der Waals surface area contributed by atoms with Gasteiger partial charge in [-0.3, -0.25) is 19.4 Å². The first kappa shape index (κ1) is 34.7. The third-order valence-electron chi connectivity index (χ3n) is 9.37. The van der Waals surface area contributed by atoms with Crippen LogP contribution in [0.3, 0.4) is 0 Å². The molecule has 0 bridgehead atoms. The molecule has 3 aliphatic rings. The van der Waals surface area contributed by atoms with Crippen molar-refractivity contribution in [2.45, 2.75) is 45.6 Å². The number of fused-ring (bicyclic) bond motifs is 5. The number of hydrazine groups is 2. The zero-order chi connectivity index (χ0) is 36.9. The van der Waals surface area contributed by atoms with Gasteiger partial charge in [-0.05, 0) is 54.8 Å². The number of ether oxygens (including phenoxy) is 2. The fraction of sp³-hybridized carbons (Fsp3) is 0.286. The maximum absolute atomic E-state index is 14.9. The Labute approximate surface area is 294 Å². The van der Waals surface area contributed by atoms with Gasteiger partial charge in [0.05, 0.1) is 53.5 Å². The summed E-state index contributed by atoms with van der Waals surface area (Å²) >= 11 is 0. The zero-order valence-corrected chi connectivity index (χ0v) is 28.1. The number of hydrogen-bond acceptors (Lipinski definition) is 12. The average Bonchev–Trinajstić information content (AvgIpc) is 3.75. The van der Waals surface area contributed by atoms with Gasteiger partial charge in [-0.2, -0.15) is 0 Å². The number of anilines is 1. The Balaban J connectivity index is 1.23. The zero-order valence-electron chi connectivity index (χ0n) is 28.1. The summed E-state index contributed by atoms with van der Waals surface area (Å²) in [6.07, 6.45) is 1.65. The highest BCUT2D eigenvalue weighted by Gasteiger charge is 2.45. The average molecular weight is 717 g/mol. The molecule has 0 radical (unpaired) electrons. The molecule has 270 valence electrons. The second-order valence-corrected chi connectivity index (χ2v) is 12.6. The van der Waals surface area contributed by atoms with E-state index in [1.807, 2.05) is 0 Å². The molecule has 0 unspecified atom stereocenters. The predicted molar refractivity (Wildman–Crippen MR) is 182 cm³/mol. The Morgan fingerprint density at radius 3 is 2.73 bits per heavy atom. The van der Waals surface area contributed by atoms with Gasteiger partial charge in [0.25, 0.3) is 5.56 Å². The minimum absolute atomic E-state index is 0.0167. The summed E-state index contributed by atoms with van der Waals surface area (Å²) in [7, 11) is 0. The first-order valence-electron chi connectivity index (χ1n) is 16.3. The summed E-state index contributed by atoms with van der Waals surface area (Å²) in [6.45, 7) is 2.40. The highest BCUT2D eigenvalue weighted by molar-refractivity contribution is 5.95. The van der Waals surface area contributed by atoms with Crippen LogP contribution in [0.15, 0.2) is 47.4 Å². The van der Waals surface area contributed by atoms with Crippen molar-refractivity contribution >= 4 is 40.1 Å². The molecule has 2 aromatic heterocycles. The monoisotopic (exact) mass is 716 g/mol. The summed E-state index contributed by atoms with van der Waals surface area (Å²) in [5.41, 5.74) is 13.0. The molecule has 0 saturated heterocycles. The molecule has 0 spiro atoms. The topological polar surface area (TPSA) is 202 Å². The Bertz CT molecular complexity index is 2280. The number of rotatable bonds is 10. The molecule has 15 nitrogen and oxygen atoms in total. The van der Waals surface area contributed by atoms with Crippen molar-refractivity contribution in [3.05, 3.63) is 98.0 Å². The summed E-state index contributed by atoms with van der Waals surface area (Å²) in [6, 6.07) is 8.43. The largest absolute Gasteiger partial charge is 0.458 e. The van der Waals surface area contributed by atoms with E-state index in [0.717, 1.165) is 0 Å². The highest BCUT2D eigenvalue weighted by atomic mass is 19.1. The van der Waals surface area contributed by atoms with Gasteiger partial charge < -0.3 is 40.9 Å². The van der Waals surface area contributed by atoms with E-state index >= 15 is 0 Å². The van der Waals surface area contributed by atoms with Crippen LogP contribution in [0.25, 0.3) is 28.0 Å². The molecule has 2 aromatic carbocycles. The predicted octanol–water partition coefficient (Wildman–Crippen LogP) is 1.48. The molecule has 0 saturated carbocycles. The van der Waals surface area contributed by atoms with E-state index < -0.39 is 47.2 Å². The quantitative estimate of drug-likeness (QED) is 0.0692. The van der Waals surface area contributed by atoms with Gasteiger partial charge in [0.2, 0.25) is 11.8 Å². The third kappa shape index (κ3) is 6.02. The number of carbonyl (C=O) groups excluding carboxylic acids is 3. The molecular formula is C35H34F2N8O7. The molecule has 3 aliphatic heterocycles. The van der Waals surface area contributed by atoms with Crippen molar-refractivity contribution in [2.24, 2.45) is 5.73 Å². The number of amides is 2. The highest BCUT2D eigenvalue weighted by Crippen LogP contribution is 2.41. The molecule has 4 aromatic rings. The van der Waals surface area contributed by atoms with Crippen LogP contribution >= 0.6 is 0 Å². The number of pyridine rings is 2. The summed E-state index contributed by atoms with van der Waals surface area (Å²) < 4.78 is 41.3. The number of hydrogen-bond donors (Lipinski definition) is 6. The molecule has 2 amide bonds. The molecule has 7 N–H and O–H groups in total. The number of nitrogens with one attached hydrogen (secondary N) is 4. The first-order chi connectivity index (χ1) is 24.9. The van der Waals surface area contributed by atoms with Crippen molar-refractivity contribution < 1.29 is 37.7 Å². The van der Waals surface area contributed by atoms with Crippen LogP contribution in [0.2, 0.25) is 0 Å². The summed E-state index contributed by atoms with van der Waals surface area (Å²) in [5, 5.41) is 18.6. The van der Waals surface area contributed by atoms with Gasteiger partial charge in [0.1, 0.15) is 31.6 Å². The Morgan fingerprint density at radius 1 is 1.15 bits per heavy atom. The van der Waals surface area contributed by atoms with E-state index in [4.69, 9.17) is 20.2 Å². The lowest BCUT2D eigenvalue weighted by molar-refractivity contribution is -0.172. The fourth-order valence-electron chi connectivity index (χ4n) is 6.60. The fourth-order valence-corrected chi connectivity index (χ4v) is 6.60. The third-order valence-corrected chi connectivity index (χ3v) is 9.37. The lowest BCUT2D eigenvalue weighted by Gasteiger charge is -2.31. The maximum Gasteiger partial charge on any atom is 0.343 e. The van der Waals surface area contributed by atoms with Crippen molar-refractivity contribution in [1.82, 2.24) is 30.8 Å². The molecule has 0 fully saturated rings. The van der Waals surface area contributed by atoms with Gasteiger partial charge in [0.15, 0.2) is 5.60 Å². The second kappa shape index (κ2) is 13.4. The Morgan fingerprint density at radius 2 is 1.96 bits per heavy atom. The van der Waals surface area contributed by atoms with Gasteiger partial charge in [0, 0.05) is 34.3 Å². The molecule has 17 heteroatoms. The number of esters is 1. The van der Waals surface area contributed by atoms with E-state index in [0.29, 0.717) is 50.2 Å². The van der Waals surface area contributed by atoms with Crippen LogP contribution in [0, 0.1) is 18.6 Å². The van der Waals surface area contributed by atoms with E-state index in [9.17, 15) is 33.1 Å². The van der Waals surface area contributed by atoms with Gasteiger partial charge in [-0.1, -0.05) is 6.92 Å². The van der Waals surface area contributed by atoms with Crippen LogP contribution < -0.4 is 32.9 Å². The number of aliphatic hydroxyl groups is 1. The van der Waals surface area contributed by atoms with Crippen molar-refractivity contribution in [3.8, 4) is 11.4 Å². The number of carbonyl (C=O) groups is 3. The minimum Gasteiger partial charge on any atom is -0.458 e. The van der Waals surface area contributed by atoms with E-state index in [-0.39, 0.29) is 56.2 Å². The van der Waals surface area contributed by atoms with E-state index in [1.54, 1.807) is 37.2 Å². The van der Waals surface area contributed by atoms with Crippen LogP contribution in [0.1, 0.15) is 46.7 Å². The molecule has 5 heterocycles. The van der Waals surface area contributed by atoms with Crippen LogP contribution in [-0.2, 0) is 49.2 Å². The van der Waals surface area contributed by atoms with Crippen molar-refractivity contribution in [2.75, 3.05) is 25.2 Å². The number of benzene rings is 2. The van der Waals surface area contributed by atoms with Crippen molar-refractivity contribution in [1.29, 1.82) is 0 Å². The van der Waals surface area contributed by atoms with E-state index in [1.165, 1.54) is 28.8 Å². The summed E-state index contributed by atoms with van der Waals surface area (Å²) in [5.74, 6) is -2.86. The normalized spacial score (nSPS) is 17.2. The number of cyclic esters (lactones) is 1. The number of aryl methyl sites for hydroxylation is 1. The number of halogens is 2. The number of aromatic nitrogens is 2. The number of nitrogens with zero attached hydrogens (tertiary/aromatic N) is 3. The standard InChI is InChI=1S/C35H34F2N8O7/c1-3-35(50)24-8-29-32-22(12-45(29)33(48)23(24)14-52-34(35)49)21(19-6-17(2)25(37)9-27(19)41-32)11-44-13-28(42-43-44)20-7-18(36)4-5-26(20)40-31(47)15-51-16-39-30(46)10-38/h4-9,13,42-43,50H,3,10-12,14-16,38H2,1-2H3,(H,39,46)(H,40,47)/t35-/m0/s1. The van der Waals surface area contributed by atoms with Crippen LogP contribution in [-0.4, -0.2) is 57.3 Å². The van der Waals surface area contributed by atoms with E-state index in [2.05, 4.69) is 21.6 Å². The molecule has 0 aliphatic carbocycles. The summed E-state index contributed by atoms with van der Waals surface area (Å²) in [4.78, 5) is 55.2. The second-order valence-electron chi connectivity index (χ2n) is 12.6. The lowest BCUT2D eigenvalue weighted by Crippen LogP contribution is -2.44. The first-order valence-corrected chi connectivity index (χ1v) is 16.3. The molecule has 52 heavy (non-hydrogen) atoms. The molecule has 1 atom stereocenters. The van der Waals surface area contributed by atoms with Crippen LogP contribution in [0.5, 0.6) is 0 Å².